The van der Waals surface area contributed by atoms with E-state index in [9.17, 15) is 12.8 Å². The van der Waals surface area contributed by atoms with Crippen LogP contribution in [0.5, 0.6) is 5.75 Å². The van der Waals surface area contributed by atoms with E-state index in [1.807, 2.05) is 0 Å². The number of anilines is 1. The number of hydrogen-bond donors (Lipinski definition) is 0. The number of nitrogens with zero attached hydrogens (tertiary/aromatic N) is 1. The molecule has 4 nitrogen and oxygen atoms in total. The molecule has 0 unspecified atom stereocenters. The van der Waals surface area contributed by atoms with Crippen molar-refractivity contribution in [2.75, 3.05) is 17.5 Å². The summed E-state index contributed by atoms with van der Waals surface area (Å²) in [6.45, 7) is 0.247. The average molecular weight is 407 g/mol. The lowest BCUT2D eigenvalue weighted by Crippen LogP contribution is -2.38. The molecule has 116 valence electrons. The number of hydrogen-bond acceptors (Lipinski definition) is 3. The van der Waals surface area contributed by atoms with Crippen molar-refractivity contribution in [2.24, 2.45) is 0 Å². The fourth-order valence-corrected chi connectivity index (χ4v) is 4.67. The predicted octanol–water partition coefficient (Wildman–Crippen LogP) is 3.83. The molecule has 22 heavy (non-hydrogen) atoms. The Kier molecular flexibility index (Phi) is 4.05. The molecule has 1 aliphatic heterocycles. The van der Waals surface area contributed by atoms with Gasteiger partial charge in [0.2, 0.25) is 0 Å². The van der Waals surface area contributed by atoms with Gasteiger partial charge in [0.05, 0.1) is 16.7 Å². The third-order valence-corrected chi connectivity index (χ3v) is 5.86. The van der Waals surface area contributed by atoms with Crippen molar-refractivity contribution >= 4 is 43.2 Å². The summed E-state index contributed by atoms with van der Waals surface area (Å²) in [6.07, 6.45) is 0. The van der Waals surface area contributed by atoms with Crippen LogP contribution in [0.4, 0.5) is 10.1 Å². The predicted molar refractivity (Wildman–Crippen MR) is 85.6 cm³/mol. The van der Waals surface area contributed by atoms with Crippen LogP contribution in [0.3, 0.4) is 0 Å². The largest absolute Gasteiger partial charge is 0.488 e. The third kappa shape index (κ3) is 2.57. The van der Waals surface area contributed by atoms with Gasteiger partial charge in [0.25, 0.3) is 10.0 Å². The molecule has 0 saturated carbocycles. The molecule has 0 aliphatic carbocycles. The second kappa shape index (κ2) is 5.72. The molecular formula is C14H10BrClFNO3S. The van der Waals surface area contributed by atoms with Gasteiger partial charge in [0.1, 0.15) is 17.3 Å². The Labute approximate surface area is 140 Å². The van der Waals surface area contributed by atoms with Gasteiger partial charge >= 0.3 is 0 Å². The Morgan fingerprint density at radius 3 is 2.73 bits per heavy atom. The van der Waals surface area contributed by atoms with Crippen LogP contribution < -0.4 is 9.04 Å². The summed E-state index contributed by atoms with van der Waals surface area (Å²) in [6, 6.07) is 8.36. The Bertz CT molecular complexity index is 844. The van der Waals surface area contributed by atoms with Gasteiger partial charge in [0, 0.05) is 5.02 Å². The normalized spacial score (nSPS) is 14.4. The molecular weight excluding hydrogens is 397 g/mol. The Balaban J connectivity index is 2.18. The lowest BCUT2D eigenvalue weighted by Gasteiger charge is -2.31. The molecule has 0 atom stereocenters. The summed E-state index contributed by atoms with van der Waals surface area (Å²) < 4.78 is 46.6. The van der Waals surface area contributed by atoms with Crippen LogP contribution in [-0.4, -0.2) is 21.6 Å². The molecule has 1 heterocycles. The highest BCUT2D eigenvalue weighted by atomic mass is 79.9. The fraction of sp³-hybridized carbons (Fsp3) is 0.143. The van der Waals surface area contributed by atoms with Gasteiger partial charge in [-0.2, -0.15) is 0 Å². The van der Waals surface area contributed by atoms with E-state index in [1.165, 1.54) is 24.3 Å². The molecule has 0 radical (unpaired) electrons. The Morgan fingerprint density at radius 1 is 1.27 bits per heavy atom. The molecule has 0 spiro atoms. The van der Waals surface area contributed by atoms with Crippen LogP contribution in [0.25, 0.3) is 0 Å². The van der Waals surface area contributed by atoms with Gasteiger partial charge in [-0.1, -0.05) is 23.7 Å². The number of rotatable bonds is 2. The van der Waals surface area contributed by atoms with Crippen molar-refractivity contribution in [3.63, 3.8) is 0 Å². The molecule has 0 N–H and O–H groups in total. The van der Waals surface area contributed by atoms with Gasteiger partial charge < -0.3 is 4.74 Å². The fourth-order valence-electron chi connectivity index (χ4n) is 2.25. The standard InChI is InChI=1S/C14H10BrClFNO3S/c15-10-7-9(16)8-12-14(10)21-6-5-18(12)22(19,20)13-4-2-1-3-11(13)17/h1-4,7-8H,5-6H2. The summed E-state index contributed by atoms with van der Waals surface area (Å²) in [4.78, 5) is -0.376. The molecule has 0 saturated heterocycles. The zero-order valence-corrected chi connectivity index (χ0v) is 14.3. The monoisotopic (exact) mass is 405 g/mol. The Morgan fingerprint density at radius 2 is 2.00 bits per heavy atom. The van der Waals surface area contributed by atoms with E-state index in [1.54, 1.807) is 6.07 Å². The highest BCUT2D eigenvalue weighted by Gasteiger charge is 2.33. The molecule has 0 bridgehead atoms. The maximum Gasteiger partial charge on any atom is 0.267 e. The molecule has 0 aromatic heterocycles. The third-order valence-electron chi connectivity index (χ3n) is 3.20. The topological polar surface area (TPSA) is 46.6 Å². The minimum Gasteiger partial charge on any atom is -0.488 e. The van der Waals surface area contributed by atoms with E-state index in [-0.39, 0.29) is 23.7 Å². The number of benzene rings is 2. The molecule has 1 aliphatic rings. The average Bonchev–Trinajstić information content (AvgIpc) is 2.46. The van der Waals surface area contributed by atoms with Crippen molar-refractivity contribution < 1.29 is 17.5 Å². The lowest BCUT2D eigenvalue weighted by molar-refractivity contribution is 0.313. The zero-order chi connectivity index (χ0) is 15.9. The smallest absolute Gasteiger partial charge is 0.267 e. The van der Waals surface area contributed by atoms with Crippen LogP contribution in [-0.2, 0) is 10.0 Å². The summed E-state index contributed by atoms with van der Waals surface area (Å²) in [7, 11) is -4.04. The van der Waals surface area contributed by atoms with E-state index in [2.05, 4.69) is 15.9 Å². The molecule has 0 fully saturated rings. The van der Waals surface area contributed by atoms with Crippen LogP contribution in [0.2, 0.25) is 5.02 Å². The number of fused-ring (bicyclic) bond motifs is 1. The van der Waals surface area contributed by atoms with Crippen LogP contribution in [0.1, 0.15) is 0 Å². The van der Waals surface area contributed by atoms with Crippen LogP contribution in [0, 0.1) is 5.82 Å². The lowest BCUT2D eigenvalue weighted by atomic mass is 10.2. The van der Waals surface area contributed by atoms with Crippen molar-refractivity contribution in [1.82, 2.24) is 0 Å². The first-order valence-corrected chi connectivity index (χ1v) is 8.91. The molecule has 0 amide bonds. The number of halogens is 3. The Hall–Kier alpha value is -1.31. The zero-order valence-electron chi connectivity index (χ0n) is 11.1. The summed E-state index contributed by atoms with van der Waals surface area (Å²) in [5.74, 6) is -0.424. The van der Waals surface area contributed by atoms with Crippen molar-refractivity contribution in [3.05, 3.63) is 51.7 Å². The first kappa shape index (κ1) is 15.6. The second-order valence-corrected chi connectivity index (χ2v) is 7.71. The quantitative estimate of drug-likeness (QED) is 0.761. The summed E-state index contributed by atoms with van der Waals surface area (Å²) in [5, 5.41) is 0.352. The van der Waals surface area contributed by atoms with Crippen LogP contribution >= 0.6 is 27.5 Å². The van der Waals surface area contributed by atoms with Crippen LogP contribution in [0.15, 0.2) is 45.8 Å². The molecule has 2 aromatic carbocycles. The van der Waals surface area contributed by atoms with Crippen molar-refractivity contribution in [3.8, 4) is 5.75 Å². The van der Waals surface area contributed by atoms with E-state index in [0.717, 1.165) is 10.4 Å². The minimum absolute atomic E-state index is 0.0798. The molecule has 3 rings (SSSR count). The van der Waals surface area contributed by atoms with E-state index < -0.39 is 15.8 Å². The van der Waals surface area contributed by atoms with Crippen molar-refractivity contribution in [1.29, 1.82) is 0 Å². The molecule has 8 heteroatoms. The van der Waals surface area contributed by atoms with Crippen molar-refractivity contribution in [2.45, 2.75) is 4.90 Å². The first-order valence-electron chi connectivity index (χ1n) is 6.30. The van der Waals surface area contributed by atoms with Gasteiger partial charge in [-0.15, -0.1) is 0 Å². The van der Waals surface area contributed by atoms with E-state index in [4.69, 9.17) is 16.3 Å². The highest BCUT2D eigenvalue weighted by molar-refractivity contribution is 9.10. The number of ether oxygens (including phenoxy) is 1. The SMILES string of the molecule is O=S(=O)(c1ccccc1F)N1CCOc2c(Br)cc(Cl)cc21. The maximum atomic E-state index is 13.9. The van der Waals surface area contributed by atoms with E-state index >= 15 is 0 Å². The van der Waals surface area contributed by atoms with E-state index in [0.29, 0.717) is 15.2 Å². The second-order valence-electron chi connectivity index (χ2n) is 4.59. The summed E-state index contributed by atoms with van der Waals surface area (Å²) in [5.41, 5.74) is 0.286. The van der Waals surface area contributed by atoms with Gasteiger partial charge in [-0.3, -0.25) is 4.31 Å². The number of sulfonamides is 1. The first-order chi connectivity index (χ1) is 10.4. The maximum absolute atomic E-state index is 13.9. The van der Waals surface area contributed by atoms with Gasteiger partial charge in [0.15, 0.2) is 5.75 Å². The highest BCUT2D eigenvalue weighted by Crippen LogP contribution is 2.42. The van der Waals surface area contributed by atoms with Gasteiger partial charge in [-0.25, -0.2) is 12.8 Å². The minimum atomic E-state index is -4.04. The summed E-state index contributed by atoms with van der Waals surface area (Å²) >= 11 is 9.29. The van der Waals surface area contributed by atoms with Gasteiger partial charge in [-0.05, 0) is 40.2 Å². The molecule has 2 aromatic rings.